The van der Waals surface area contributed by atoms with E-state index in [-0.39, 0.29) is 17.8 Å². The van der Waals surface area contributed by atoms with Crippen LogP contribution in [0.3, 0.4) is 0 Å². The Kier molecular flexibility index (Phi) is 5.62. The maximum Gasteiger partial charge on any atom is 0.251 e. The highest BCUT2D eigenvalue weighted by Crippen LogP contribution is 2.36. The quantitative estimate of drug-likeness (QED) is 0.845. The van der Waals surface area contributed by atoms with Gasteiger partial charge in [-0.05, 0) is 49.9 Å². The van der Waals surface area contributed by atoms with Crippen LogP contribution in [0.25, 0.3) is 0 Å². The van der Waals surface area contributed by atoms with Crippen LogP contribution >= 0.6 is 0 Å². The lowest BCUT2D eigenvalue weighted by Crippen LogP contribution is -2.56. The molecule has 0 saturated carbocycles. The molecule has 2 atom stereocenters. The first-order chi connectivity index (χ1) is 13.6. The van der Waals surface area contributed by atoms with Gasteiger partial charge in [0.25, 0.3) is 5.91 Å². The lowest BCUT2D eigenvalue weighted by atomic mass is 9.81. The summed E-state index contributed by atoms with van der Waals surface area (Å²) in [6, 6.07) is 15.1. The molecule has 0 aromatic heterocycles. The van der Waals surface area contributed by atoms with Crippen LogP contribution in [0.5, 0.6) is 5.75 Å². The van der Waals surface area contributed by atoms with E-state index in [9.17, 15) is 9.18 Å². The zero-order valence-electron chi connectivity index (χ0n) is 16.2. The van der Waals surface area contributed by atoms with Crippen molar-refractivity contribution in [3.05, 3.63) is 65.5 Å². The lowest BCUT2D eigenvalue weighted by molar-refractivity contribution is 0.0172. The normalized spacial score (nSPS) is 24.6. The fraction of sp³-hybridized carbons (Fsp3) is 0.435. The minimum atomic E-state index is -0.379. The van der Waals surface area contributed by atoms with Crippen LogP contribution in [0.2, 0.25) is 0 Å². The highest BCUT2D eigenvalue weighted by Gasteiger charge is 2.38. The van der Waals surface area contributed by atoms with Crippen molar-refractivity contribution in [3.63, 3.8) is 0 Å². The van der Waals surface area contributed by atoms with Crippen molar-refractivity contribution in [1.82, 2.24) is 10.2 Å². The van der Waals surface area contributed by atoms with Crippen molar-refractivity contribution in [2.75, 3.05) is 7.11 Å². The third-order valence-corrected chi connectivity index (χ3v) is 6.09. The third kappa shape index (κ3) is 4.04. The number of carbonyl (C=O) groups excluding carboxylic acids is 1. The molecule has 2 saturated heterocycles. The van der Waals surface area contributed by atoms with Gasteiger partial charge in [0.2, 0.25) is 0 Å². The number of rotatable bonds is 5. The topological polar surface area (TPSA) is 41.6 Å². The Bertz CT molecular complexity index is 827. The molecule has 1 N–H and O–H groups in total. The molecule has 2 aromatic rings. The van der Waals surface area contributed by atoms with E-state index < -0.39 is 0 Å². The van der Waals surface area contributed by atoms with Crippen molar-refractivity contribution >= 4 is 5.91 Å². The maximum absolute atomic E-state index is 13.4. The molecule has 0 aliphatic carbocycles. The average Bonchev–Trinajstić information content (AvgIpc) is 2.69. The van der Waals surface area contributed by atoms with Gasteiger partial charge in [0.15, 0.2) is 0 Å². The van der Waals surface area contributed by atoms with Gasteiger partial charge in [0.05, 0.1) is 7.11 Å². The Labute approximate surface area is 165 Å². The van der Waals surface area contributed by atoms with E-state index in [2.05, 4.69) is 22.3 Å². The van der Waals surface area contributed by atoms with Crippen molar-refractivity contribution in [2.24, 2.45) is 0 Å². The largest absolute Gasteiger partial charge is 0.496 e. The molecule has 0 radical (unpaired) electrons. The van der Waals surface area contributed by atoms with Gasteiger partial charge in [0, 0.05) is 35.8 Å². The predicted molar refractivity (Wildman–Crippen MR) is 107 cm³/mol. The smallest absolute Gasteiger partial charge is 0.251 e. The summed E-state index contributed by atoms with van der Waals surface area (Å²) < 4.78 is 18.9. The van der Waals surface area contributed by atoms with Crippen LogP contribution in [0.1, 0.15) is 48.0 Å². The summed E-state index contributed by atoms with van der Waals surface area (Å²) in [4.78, 5) is 15.1. The molecule has 5 heteroatoms. The zero-order valence-corrected chi connectivity index (χ0v) is 16.2. The van der Waals surface area contributed by atoms with E-state index in [0.29, 0.717) is 17.6 Å². The van der Waals surface area contributed by atoms with Crippen molar-refractivity contribution in [2.45, 2.75) is 56.8 Å². The molecule has 1 amide bonds. The molecule has 0 unspecified atom stereocenters. The molecule has 28 heavy (non-hydrogen) atoms. The van der Waals surface area contributed by atoms with E-state index in [1.54, 1.807) is 19.2 Å². The lowest BCUT2D eigenvalue weighted by Gasteiger charge is -2.49. The molecule has 2 aromatic carbocycles. The molecule has 148 valence electrons. The minimum Gasteiger partial charge on any atom is -0.496 e. The van der Waals surface area contributed by atoms with E-state index in [1.807, 2.05) is 12.1 Å². The Balaban J connectivity index is 1.44. The summed E-state index contributed by atoms with van der Waals surface area (Å²) in [5.74, 6) is 0.374. The van der Waals surface area contributed by atoms with Crippen LogP contribution in [0, 0.1) is 5.82 Å². The van der Waals surface area contributed by atoms with Crippen LogP contribution in [-0.2, 0) is 6.54 Å². The number of fused-ring (bicyclic) bond motifs is 2. The first-order valence-electron chi connectivity index (χ1n) is 10.1. The molecule has 2 fully saturated rings. The van der Waals surface area contributed by atoms with Gasteiger partial charge in [-0.2, -0.15) is 0 Å². The van der Waals surface area contributed by atoms with E-state index in [1.165, 1.54) is 24.1 Å². The standard InChI is InChI=1S/C23H27FN2O2/c1-28-22-11-3-2-6-17(22)15-26-20-9-5-10-21(26)14-19(13-20)25-23(27)16-7-4-8-18(24)12-16/h2-4,6-8,11-12,19-21H,5,9-10,13-15H2,1H3,(H,25,27)/t20-,21-/m0/s1. The highest BCUT2D eigenvalue weighted by molar-refractivity contribution is 5.94. The molecular weight excluding hydrogens is 355 g/mol. The first-order valence-corrected chi connectivity index (χ1v) is 10.1. The number of para-hydroxylation sites is 1. The monoisotopic (exact) mass is 382 g/mol. The molecule has 0 spiro atoms. The van der Waals surface area contributed by atoms with Gasteiger partial charge in [-0.15, -0.1) is 0 Å². The number of hydrogen-bond acceptors (Lipinski definition) is 3. The summed E-state index contributed by atoms with van der Waals surface area (Å²) in [5.41, 5.74) is 1.60. The Morgan fingerprint density at radius 3 is 2.61 bits per heavy atom. The van der Waals surface area contributed by atoms with Crippen molar-refractivity contribution in [1.29, 1.82) is 0 Å². The summed E-state index contributed by atoms with van der Waals surface area (Å²) in [6.45, 7) is 0.879. The zero-order chi connectivity index (χ0) is 19.5. The SMILES string of the molecule is COc1ccccc1CN1[C@H]2CCC[C@H]1CC(NC(=O)c1cccc(F)c1)C2. The van der Waals surface area contributed by atoms with E-state index in [0.717, 1.165) is 38.0 Å². The highest BCUT2D eigenvalue weighted by atomic mass is 19.1. The van der Waals surface area contributed by atoms with Crippen LogP contribution in [0.15, 0.2) is 48.5 Å². The molecule has 2 aliphatic heterocycles. The van der Waals surface area contributed by atoms with Gasteiger partial charge in [-0.1, -0.05) is 30.7 Å². The second kappa shape index (κ2) is 8.31. The number of methoxy groups -OCH3 is 1. The second-order valence-corrected chi connectivity index (χ2v) is 7.87. The Morgan fingerprint density at radius 1 is 1.14 bits per heavy atom. The summed E-state index contributed by atoms with van der Waals surface area (Å²) in [6.07, 6.45) is 5.41. The number of hydrogen-bond donors (Lipinski definition) is 1. The number of carbonyl (C=O) groups is 1. The number of nitrogens with zero attached hydrogens (tertiary/aromatic N) is 1. The fourth-order valence-corrected chi connectivity index (χ4v) is 4.78. The number of amides is 1. The molecule has 2 heterocycles. The molecule has 4 rings (SSSR count). The summed E-state index contributed by atoms with van der Waals surface area (Å²) in [5, 5.41) is 3.14. The fourth-order valence-electron chi connectivity index (χ4n) is 4.78. The number of ether oxygens (including phenoxy) is 1. The Morgan fingerprint density at radius 2 is 1.89 bits per heavy atom. The van der Waals surface area contributed by atoms with Gasteiger partial charge >= 0.3 is 0 Å². The van der Waals surface area contributed by atoms with Gasteiger partial charge in [-0.3, -0.25) is 9.69 Å². The number of benzene rings is 2. The van der Waals surface area contributed by atoms with Gasteiger partial charge in [-0.25, -0.2) is 4.39 Å². The number of nitrogens with one attached hydrogen (secondary N) is 1. The van der Waals surface area contributed by atoms with E-state index in [4.69, 9.17) is 4.74 Å². The van der Waals surface area contributed by atoms with Gasteiger partial charge in [0.1, 0.15) is 11.6 Å². The molecule has 4 nitrogen and oxygen atoms in total. The third-order valence-electron chi connectivity index (χ3n) is 6.09. The van der Waals surface area contributed by atoms with Crippen LogP contribution in [0.4, 0.5) is 4.39 Å². The predicted octanol–water partition coefficient (Wildman–Crippen LogP) is 4.15. The van der Waals surface area contributed by atoms with Gasteiger partial charge < -0.3 is 10.1 Å². The first kappa shape index (κ1) is 18.9. The average molecular weight is 382 g/mol. The van der Waals surface area contributed by atoms with Crippen molar-refractivity contribution < 1.29 is 13.9 Å². The maximum atomic E-state index is 13.4. The van der Waals surface area contributed by atoms with Crippen LogP contribution in [-0.4, -0.2) is 36.0 Å². The summed E-state index contributed by atoms with van der Waals surface area (Å²) >= 11 is 0. The van der Waals surface area contributed by atoms with E-state index >= 15 is 0 Å². The number of halogens is 1. The molecule has 2 aliphatic rings. The second-order valence-electron chi connectivity index (χ2n) is 7.87. The molecule has 2 bridgehead atoms. The Hall–Kier alpha value is -2.40. The van der Waals surface area contributed by atoms with Crippen molar-refractivity contribution in [3.8, 4) is 5.75 Å². The number of piperidine rings is 2. The van der Waals surface area contributed by atoms with Crippen LogP contribution < -0.4 is 10.1 Å². The molecular formula is C23H27FN2O2. The summed E-state index contributed by atoms with van der Waals surface area (Å²) in [7, 11) is 1.72. The minimum absolute atomic E-state index is 0.139.